The molecule has 2 heterocycles. The number of aryl methyl sites for hydroxylation is 1. The van der Waals surface area contributed by atoms with E-state index < -0.39 is 0 Å². The molecule has 7 heteroatoms. The number of ether oxygens (including phenoxy) is 1. The number of methoxy groups -OCH3 is 1. The lowest BCUT2D eigenvalue weighted by molar-refractivity contribution is -0.116. The van der Waals surface area contributed by atoms with E-state index in [2.05, 4.69) is 29.2 Å². The van der Waals surface area contributed by atoms with Gasteiger partial charge in [0.1, 0.15) is 5.15 Å². The van der Waals surface area contributed by atoms with Crippen molar-refractivity contribution in [3.63, 3.8) is 0 Å². The van der Waals surface area contributed by atoms with Crippen molar-refractivity contribution in [2.24, 2.45) is 5.92 Å². The highest BCUT2D eigenvalue weighted by Gasteiger charge is 2.12. The Morgan fingerprint density at radius 3 is 2.80 bits per heavy atom. The highest BCUT2D eigenvalue weighted by atomic mass is 35.5. The van der Waals surface area contributed by atoms with Gasteiger partial charge in [0.15, 0.2) is 0 Å². The number of carbonyl (C=O) groups excluding carboxylic acids is 1. The van der Waals surface area contributed by atoms with Gasteiger partial charge in [-0.3, -0.25) is 9.48 Å². The Morgan fingerprint density at radius 2 is 2.20 bits per heavy atom. The third kappa shape index (κ3) is 5.32. The van der Waals surface area contributed by atoms with E-state index >= 15 is 0 Å². The molecule has 1 N–H and O–H groups in total. The predicted molar refractivity (Wildman–Crippen MR) is 98.5 cm³/mol. The zero-order valence-corrected chi connectivity index (χ0v) is 15.7. The zero-order valence-electron chi connectivity index (χ0n) is 14.9. The first-order valence-corrected chi connectivity index (χ1v) is 8.46. The monoisotopic (exact) mass is 362 g/mol. The predicted octanol–water partition coefficient (Wildman–Crippen LogP) is 3.23. The van der Waals surface area contributed by atoms with E-state index in [0.717, 1.165) is 23.4 Å². The molecule has 2 rings (SSSR count). The van der Waals surface area contributed by atoms with Gasteiger partial charge in [-0.05, 0) is 24.5 Å². The minimum Gasteiger partial charge on any atom is -0.481 e. The molecule has 0 saturated heterocycles. The van der Waals surface area contributed by atoms with Gasteiger partial charge in [-0.15, -0.1) is 0 Å². The van der Waals surface area contributed by atoms with Gasteiger partial charge in [-0.25, -0.2) is 4.98 Å². The normalized spacial score (nSPS) is 11.3. The summed E-state index contributed by atoms with van der Waals surface area (Å²) in [4.78, 5) is 16.1. The summed E-state index contributed by atoms with van der Waals surface area (Å²) >= 11 is 6.36. The molecule has 6 nitrogen and oxygen atoms in total. The van der Waals surface area contributed by atoms with E-state index in [0.29, 0.717) is 23.5 Å². The minimum absolute atomic E-state index is 0.206. The first-order valence-electron chi connectivity index (χ1n) is 8.08. The molecular weight excluding hydrogens is 340 g/mol. The van der Waals surface area contributed by atoms with Crippen LogP contribution in [0.4, 0.5) is 0 Å². The fourth-order valence-corrected chi connectivity index (χ4v) is 2.57. The Hall–Kier alpha value is -2.34. The van der Waals surface area contributed by atoms with Crippen molar-refractivity contribution in [2.45, 2.75) is 33.9 Å². The number of amides is 1. The lowest BCUT2D eigenvalue weighted by Crippen LogP contribution is -2.20. The standard InChI is InChI=1S/C18H23ClN4O2/c1-12(2)11-23-18(19)15(13(3)22-23)6-7-16(24)20-9-14-5-8-17(25-4)21-10-14/h5-8,10,12H,9,11H2,1-4H3,(H,20,24)/b7-6+. The second-order valence-electron chi connectivity index (χ2n) is 6.13. The summed E-state index contributed by atoms with van der Waals surface area (Å²) in [5.74, 6) is 0.774. The molecule has 25 heavy (non-hydrogen) atoms. The second-order valence-corrected chi connectivity index (χ2v) is 6.48. The summed E-state index contributed by atoms with van der Waals surface area (Å²) in [6.07, 6.45) is 4.83. The molecule has 0 bridgehead atoms. The maximum Gasteiger partial charge on any atom is 0.244 e. The summed E-state index contributed by atoms with van der Waals surface area (Å²) in [6.45, 7) is 7.21. The number of aromatic nitrogens is 3. The molecule has 0 atom stereocenters. The second kappa shape index (κ2) is 8.67. The SMILES string of the molecule is COc1ccc(CNC(=O)/C=C/c2c(C)nn(CC(C)C)c2Cl)cn1. The summed E-state index contributed by atoms with van der Waals surface area (Å²) in [5.41, 5.74) is 2.46. The lowest BCUT2D eigenvalue weighted by Gasteiger charge is -2.05. The number of nitrogens with one attached hydrogen (secondary N) is 1. The van der Waals surface area contributed by atoms with Gasteiger partial charge in [0.05, 0.1) is 12.8 Å². The average Bonchev–Trinajstić information content (AvgIpc) is 2.84. The van der Waals surface area contributed by atoms with E-state index in [1.165, 1.54) is 6.08 Å². The van der Waals surface area contributed by atoms with Crippen LogP contribution < -0.4 is 10.1 Å². The Bertz CT molecular complexity index is 751. The third-order valence-electron chi connectivity index (χ3n) is 3.52. The number of rotatable bonds is 7. The third-order valence-corrected chi connectivity index (χ3v) is 3.92. The van der Waals surface area contributed by atoms with Gasteiger partial charge < -0.3 is 10.1 Å². The number of pyridine rings is 1. The van der Waals surface area contributed by atoms with Crippen LogP contribution >= 0.6 is 11.6 Å². The van der Waals surface area contributed by atoms with Crippen molar-refractivity contribution in [1.82, 2.24) is 20.1 Å². The highest BCUT2D eigenvalue weighted by molar-refractivity contribution is 6.31. The van der Waals surface area contributed by atoms with Gasteiger partial charge >= 0.3 is 0 Å². The largest absolute Gasteiger partial charge is 0.481 e. The first kappa shape index (κ1) is 19.0. The van der Waals surface area contributed by atoms with Gasteiger partial charge in [0.25, 0.3) is 0 Å². The molecule has 0 radical (unpaired) electrons. The number of halogens is 1. The zero-order chi connectivity index (χ0) is 18.4. The Kier molecular flexibility index (Phi) is 6.58. The van der Waals surface area contributed by atoms with Crippen LogP contribution in [0.1, 0.15) is 30.7 Å². The van der Waals surface area contributed by atoms with Crippen LogP contribution in [0, 0.1) is 12.8 Å². The maximum atomic E-state index is 12.0. The molecule has 0 aliphatic carbocycles. The Balaban J connectivity index is 1.96. The molecule has 0 unspecified atom stereocenters. The molecule has 2 aromatic rings. The summed E-state index contributed by atoms with van der Waals surface area (Å²) in [5, 5.41) is 7.78. The van der Waals surface area contributed by atoms with Gasteiger partial charge in [-0.2, -0.15) is 5.10 Å². The fourth-order valence-electron chi connectivity index (χ4n) is 2.27. The maximum absolute atomic E-state index is 12.0. The molecule has 0 aromatic carbocycles. The van der Waals surface area contributed by atoms with Crippen LogP contribution in [-0.2, 0) is 17.9 Å². The Labute approximate surface area is 152 Å². The number of carbonyl (C=O) groups is 1. The molecule has 0 fully saturated rings. The van der Waals surface area contributed by atoms with Crippen LogP contribution in [-0.4, -0.2) is 27.8 Å². The number of hydrogen-bond donors (Lipinski definition) is 1. The van der Waals surface area contributed by atoms with Gasteiger partial charge in [-0.1, -0.05) is 31.5 Å². The van der Waals surface area contributed by atoms with Crippen molar-refractivity contribution in [2.75, 3.05) is 7.11 Å². The van der Waals surface area contributed by atoms with Crippen molar-refractivity contribution < 1.29 is 9.53 Å². The van der Waals surface area contributed by atoms with Crippen LogP contribution in [0.2, 0.25) is 5.15 Å². The van der Waals surface area contributed by atoms with Crippen molar-refractivity contribution in [3.05, 3.63) is 46.4 Å². The number of hydrogen-bond acceptors (Lipinski definition) is 4. The van der Waals surface area contributed by atoms with Crippen molar-refractivity contribution in [3.8, 4) is 5.88 Å². The van der Waals surface area contributed by atoms with Crippen LogP contribution in [0.3, 0.4) is 0 Å². The number of nitrogens with zero attached hydrogens (tertiary/aromatic N) is 3. The molecule has 0 spiro atoms. The molecule has 0 aliphatic rings. The van der Waals surface area contributed by atoms with E-state index in [1.54, 1.807) is 30.1 Å². The molecule has 0 saturated carbocycles. The van der Waals surface area contributed by atoms with Crippen LogP contribution in [0.15, 0.2) is 24.4 Å². The topological polar surface area (TPSA) is 69.0 Å². The molecular formula is C18H23ClN4O2. The van der Waals surface area contributed by atoms with E-state index in [-0.39, 0.29) is 5.91 Å². The van der Waals surface area contributed by atoms with E-state index in [1.807, 2.05) is 13.0 Å². The first-order chi connectivity index (χ1) is 11.9. The molecule has 134 valence electrons. The highest BCUT2D eigenvalue weighted by Crippen LogP contribution is 2.22. The lowest BCUT2D eigenvalue weighted by atomic mass is 10.2. The smallest absolute Gasteiger partial charge is 0.244 e. The molecule has 0 aliphatic heterocycles. The molecule has 1 amide bonds. The van der Waals surface area contributed by atoms with Crippen molar-refractivity contribution in [1.29, 1.82) is 0 Å². The van der Waals surface area contributed by atoms with Crippen molar-refractivity contribution >= 4 is 23.6 Å². The average molecular weight is 363 g/mol. The minimum atomic E-state index is -0.206. The van der Waals surface area contributed by atoms with E-state index in [9.17, 15) is 4.79 Å². The summed E-state index contributed by atoms with van der Waals surface area (Å²) < 4.78 is 6.77. The van der Waals surface area contributed by atoms with Gasteiger partial charge in [0, 0.05) is 37.0 Å². The van der Waals surface area contributed by atoms with Crippen LogP contribution in [0.25, 0.3) is 6.08 Å². The van der Waals surface area contributed by atoms with E-state index in [4.69, 9.17) is 16.3 Å². The quantitative estimate of drug-likeness (QED) is 0.768. The molecule has 2 aromatic heterocycles. The summed E-state index contributed by atoms with van der Waals surface area (Å²) in [7, 11) is 1.56. The van der Waals surface area contributed by atoms with Crippen LogP contribution in [0.5, 0.6) is 5.88 Å². The van der Waals surface area contributed by atoms with Gasteiger partial charge in [0.2, 0.25) is 11.8 Å². The Morgan fingerprint density at radius 1 is 1.44 bits per heavy atom. The summed E-state index contributed by atoms with van der Waals surface area (Å²) in [6, 6.07) is 3.61. The fraction of sp³-hybridized carbons (Fsp3) is 0.389.